The molecular formula is C24H35N2O6PS. The number of hydrogen-bond donors (Lipinski definition) is 4. The number of unbranched alkanes of at least 4 members (excludes halogenated alkanes) is 2. The number of urea groups is 1. The molecule has 0 bridgehead atoms. The summed E-state index contributed by atoms with van der Waals surface area (Å²) in [6.45, 7) is 6.03. The maximum atomic E-state index is 12.0. The molecule has 2 rings (SSSR count). The summed E-state index contributed by atoms with van der Waals surface area (Å²) in [5.41, 5.74) is 0.490. The summed E-state index contributed by atoms with van der Waals surface area (Å²) in [6, 6.07) is 7.25. The van der Waals surface area contributed by atoms with E-state index in [2.05, 4.69) is 23.5 Å². The van der Waals surface area contributed by atoms with E-state index < -0.39 is 20.6 Å². The maximum Gasteiger partial charge on any atom is 0.319 e. The van der Waals surface area contributed by atoms with Crippen LogP contribution < -0.4 is 10.6 Å². The molecule has 1 saturated heterocycles. The van der Waals surface area contributed by atoms with Gasteiger partial charge in [0.05, 0.1) is 6.10 Å². The Balaban J connectivity index is 1.94. The van der Waals surface area contributed by atoms with Gasteiger partial charge in [-0.2, -0.15) is 0 Å². The molecule has 1 heterocycles. The zero-order valence-corrected chi connectivity index (χ0v) is 21.6. The van der Waals surface area contributed by atoms with Crippen LogP contribution in [0.25, 0.3) is 0 Å². The average Bonchev–Trinajstić information content (AvgIpc) is 2.78. The molecule has 188 valence electrons. The molecule has 4 N–H and O–H groups in total. The van der Waals surface area contributed by atoms with Gasteiger partial charge in [-0.1, -0.05) is 25.6 Å². The van der Waals surface area contributed by atoms with Crippen molar-refractivity contribution in [3.8, 4) is 12.3 Å². The van der Waals surface area contributed by atoms with Crippen LogP contribution in [0, 0.1) is 24.2 Å². The molecular weight excluding hydrogens is 475 g/mol. The highest BCUT2D eigenvalue weighted by Gasteiger charge is 2.43. The van der Waals surface area contributed by atoms with Crippen LogP contribution in [0.15, 0.2) is 29.2 Å². The Labute approximate surface area is 207 Å². The molecule has 2 amide bonds. The van der Waals surface area contributed by atoms with Gasteiger partial charge in [0.15, 0.2) is 8.38 Å². The lowest BCUT2D eigenvalue weighted by Gasteiger charge is -2.44. The van der Waals surface area contributed by atoms with Crippen molar-refractivity contribution in [2.75, 3.05) is 18.0 Å². The minimum atomic E-state index is -2.05. The number of terminal acetylenes is 1. The molecule has 0 saturated carbocycles. The van der Waals surface area contributed by atoms with Crippen LogP contribution in [0.1, 0.15) is 46.5 Å². The third kappa shape index (κ3) is 9.44. The van der Waals surface area contributed by atoms with Crippen molar-refractivity contribution >= 4 is 37.8 Å². The summed E-state index contributed by atoms with van der Waals surface area (Å²) in [5.74, 6) is 2.33. The highest BCUT2D eigenvalue weighted by Crippen LogP contribution is 2.42. The van der Waals surface area contributed by atoms with Gasteiger partial charge in [0.25, 0.3) is 0 Å². The Morgan fingerprint density at radius 3 is 2.53 bits per heavy atom. The number of thioether (sulfide) groups is 1. The number of anilines is 1. The van der Waals surface area contributed by atoms with E-state index in [1.165, 1.54) is 6.92 Å². The van der Waals surface area contributed by atoms with E-state index in [-0.39, 0.29) is 35.4 Å². The van der Waals surface area contributed by atoms with Crippen molar-refractivity contribution in [3.05, 3.63) is 24.3 Å². The summed E-state index contributed by atoms with van der Waals surface area (Å²) in [4.78, 5) is 43.3. The van der Waals surface area contributed by atoms with E-state index in [1.54, 1.807) is 11.8 Å². The normalized spacial score (nSPS) is 24.3. The molecule has 1 fully saturated rings. The lowest BCUT2D eigenvalue weighted by Crippen LogP contribution is -2.50. The van der Waals surface area contributed by atoms with Gasteiger partial charge in [0.2, 0.25) is 0 Å². The fraction of sp³-hybridized carbons (Fsp3) is 0.583. The van der Waals surface area contributed by atoms with Gasteiger partial charge in [0, 0.05) is 42.6 Å². The van der Waals surface area contributed by atoms with Crippen LogP contribution in [0.2, 0.25) is 0 Å². The SMILES string of the molecule is C#CCCCCNC(=O)Nc1ccc(S[C@@H]2O[C@H](CCP(O)O)[C@@H](OC(C)=O)[C@H](C)[C@@H]2C)cc1. The number of rotatable bonds is 11. The van der Waals surface area contributed by atoms with Gasteiger partial charge in [0.1, 0.15) is 11.5 Å². The summed E-state index contributed by atoms with van der Waals surface area (Å²) < 4.78 is 11.8. The number of amides is 2. The Kier molecular flexibility index (Phi) is 12.2. The zero-order valence-electron chi connectivity index (χ0n) is 19.9. The number of carbonyl (C=O) groups excluding carboxylic acids is 2. The first kappa shape index (κ1) is 28.4. The number of esters is 1. The largest absolute Gasteiger partial charge is 0.459 e. The van der Waals surface area contributed by atoms with Crippen LogP contribution in [0.3, 0.4) is 0 Å². The molecule has 0 radical (unpaired) electrons. The van der Waals surface area contributed by atoms with Gasteiger partial charge in [-0.05, 0) is 49.4 Å². The molecule has 1 aliphatic rings. The van der Waals surface area contributed by atoms with Crippen LogP contribution >= 0.6 is 20.1 Å². The van der Waals surface area contributed by atoms with Gasteiger partial charge >= 0.3 is 12.0 Å². The van der Waals surface area contributed by atoms with Crippen molar-refractivity contribution < 1.29 is 28.8 Å². The minimum absolute atomic E-state index is 0.0361. The third-order valence-corrected chi connectivity index (χ3v) is 7.74. The highest BCUT2D eigenvalue weighted by atomic mass is 32.2. The smallest absolute Gasteiger partial charge is 0.319 e. The van der Waals surface area contributed by atoms with Crippen molar-refractivity contribution in [3.63, 3.8) is 0 Å². The molecule has 0 aliphatic carbocycles. The van der Waals surface area contributed by atoms with E-state index in [4.69, 9.17) is 15.9 Å². The summed E-state index contributed by atoms with van der Waals surface area (Å²) in [5, 5.41) is 5.62. The van der Waals surface area contributed by atoms with Crippen molar-refractivity contribution in [1.82, 2.24) is 5.32 Å². The lowest BCUT2D eigenvalue weighted by molar-refractivity contribution is -0.180. The Bertz CT molecular complexity index is 832. The average molecular weight is 511 g/mol. The van der Waals surface area contributed by atoms with Gasteiger partial charge in [-0.25, -0.2) is 4.79 Å². The number of carbonyl (C=O) groups is 2. The third-order valence-electron chi connectivity index (χ3n) is 5.77. The second kappa shape index (κ2) is 14.6. The summed E-state index contributed by atoms with van der Waals surface area (Å²) in [6.07, 6.45) is 7.39. The fourth-order valence-corrected chi connectivity index (χ4v) is 5.43. The van der Waals surface area contributed by atoms with Gasteiger partial charge < -0.3 is 29.9 Å². The summed E-state index contributed by atoms with van der Waals surface area (Å²) in [7, 11) is -2.05. The van der Waals surface area contributed by atoms with Crippen LogP contribution in [-0.2, 0) is 14.3 Å². The number of ether oxygens (including phenoxy) is 2. The minimum Gasteiger partial charge on any atom is -0.459 e. The monoisotopic (exact) mass is 510 g/mol. The molecule has 1 aromatic rings. The van der Waals surface area contributed by atoms with Crippen LogP contribution in [-0.4, -0.2) is 52.1 Å². The molecule has 10 heteroatoms. The molecule has 1 aromatic carbocycles. The van der Waals surface area contributed by atoms with Gasteiger partial charge in [-0.3, -0.25) is 4.79 Å². The zero-order chi connectivity index (χ0) is 25.1. The first-order valence-electron chi connectivity index (χ1n) is 11.4. The topological polar surface area (TPSA) is 117 Å². The van der Waals surface area contributed by atoms with Crippen molar-refractivity contribution in [1.29, 1.82) is 0 Å². The molecule has 1 aliphatic heterocycles. The van der Waals surface area contributed by atoms with Gasteiger partial charge in [-0.15, -0.1) is 12.3 Å². The molecule has 0 spiro atoms. The van der Waals surface area contributed by atoms with Crippen molar-refractivity contribution in [2.24, 2.45) is 11.8 Å². The Hall–Kier alpha value is -1.82. The first-order valence-corrected chi connectivity index (χ1v) is 13.8. The maximum absolute atomic E-state index is 12.0. The van der Waals surface area contributed by atoms with E-state index in [0.717, 1.165) is 17.7 Å². The standard InChI is InChI=1S/C24H35N2O6PS/c1-5-6-7-8-14-25-24(28)26-19-9-11-20(12-10-19)34-23-17(3)16(2)22(31-18(4)27)21(32-23)13-15-33(29)30/h1,9-12,16-17,21-23,29-30H,6-8,13-15H2,2-4H3,(H2,25,26,28)/t16-,17+,21-,22+,23+/m1/s1. The second-order valence-electron chi connectivity index (χ2n) is 8.40. The highest BCUT2D eigenvalue weighted by molar-refractivity contribution is 7.99. The number of hydrogen-bond acceptors (Lipinski definition) is 7. The second-order valence-corrected chi connectivity index (χ2v) is 10.8. The van der Waals surface area contributed by atoms with E-state index in [1.807, 2.05) is 31.2 Å². The molecule has 5 atom stereocenters. The molecule has 0 aromatic heterocycles. The van der Waals surface area contributed by atoms with Crippen LogP contribution in [0.4, 0.5) is 10.5 Å². The Morgan fingerprint density at radius 1 is 1.21 bits per heavy atom. The van der Waals surface area contributed by atoms with E-state index >= 15 is 0 Å². The molecule has 34 heavy (non-hydrogen) atoms. The number of benzene rings is 1. The number of nitrogens with one attached hydrogen (secondary N) is 2. The van der Waals surface area contributed by atoms with E-state index in [9.17, 15) is 19.4 Å². The Morgan fingerprint density at radius 2 is 1.91 bits per heavy atom. The molecule has 8 nitrogen and oxygen atoms in total. The predicted molar refractivity (Wildman–Crippen MR) is 135 cm³/mol. The van der Waals surface area contributed by atoms with Crippen molar-refractivity contribution in [2.45, 2.75) is 69.0 Å². The van der Waals surface area contributed by atoms with Crippen LogP contribution in [0.5, 0.6) is 0 Å². The summed E-state index contributed by atoms with van der Waals surface area (Å²) >= 11 is 1.56. The van der Waals surface area contributed by atoms with E-state index in [0.29, 0.717) is 25.1 Å². The quantitative estimate of drug-likeness (QED) is 0.152. The fourth-order valence-electron chi connectivity index (χ4n) is 3.72. The molecule has 0 unspecified atom stereocenters. The first-order chi connectivity index (χ1) is 16.2. The lowest BCUT2D eigenvalue weighted by atomic mass is 9.84. The predicted octanol–water partition coefficient (Wildman–Crippen LogP) is 4.32.